The number of rotatable bonds is 6. The predicted octanol–water partition coefficient (Wildman–Crippen LogP) is 3.02. The van der Waals surface area contributed by atoms with Crippen molar-refractivity contribution in [2.75, 3.05) is 6.54 Å². The van der Waals surface area contributed by atoms with E-state index < -0.39 is 18.3 Å². The second kappa shape index (κ2) is 8.92. The number of aliphatic hydroxyl groups excluding tert-OH is 2. The number of hydrogen-bond acceptors (Lipinski definition) is 5. The van der Waals surface area contributed by atoms with Gasteiger partial charge in [-0.2, -0.15) is 0 Å². The monoisotopic (exact) mass is 385 g/mol. The van der Waals surface area contributed by atoms with Crippen molar-refractivity contribution in [2.24, 2.45) is 0 Å². The van der Waals surface area contributed by atoms with Gasteiger partial charge >= 0.3 is 6.09 Å². The number of ether oxygens (including phenoxy) is 1. The highest BCUT2D eigenvalue weighted by Gasteiger charge is 2.23. The van der Waals surface area contributed by atoms with Gasteiger partial charge < -0.3 is 25.4 Å². The van der Waals surface area contributed by atoms with Crippen molar-refractivity contribution >= 4 is 29.3 Å². The number of aliphatic hydroxyl groups is 2. The van der Waals surface area contributed by atoms with Crippen molar-refractivity contribution in [1.29, 1.82) is 0 Å². The van der Waals surface area contributed by atoms with Gasteiger partial charge in [0.25, 0.3) is 0 Å². The van der Waals surface area contributed by atoms with Crippen LogP contribution in [0.2, 0.25) is 10.0 Å². The summed E-state index contributed by atoms with van der Waals surface area (Å²) in [5.74, 6) is -0.236. The van der Waals surface area contributed by atoms with E-state index in [2.05, 4.69) is 5.32 Å². The molecule has 25 heavy (non-hydrogen) atoms. The molecule has 6 nitrogen and oxygen atoms in total. The first-order chi connectivity index (χ1) is 11.9. The fraction of sp³-hybridized carbons (Fsp3) is 0.235. The molecule has 1 amide bonds. The number of amides is 1. The summed E-state index contributed by atoms with van der Waals surface area (Å²) in [6.07, 6.45) is -3.48. The topological polar surface area (TPSA) is 99.0 Å². The Labute approximate surface area is 154 Å². The molecule has 0 aliphatic carbocycles. The number of carbonyl (C=O) groups excluding carboxylic acids is 1. The number of nitrogens with one attached hydrogen (secondary N) is 1. The summed E-state index contributed by atoms with van der Waals surface area (Å²) in [6.45, 7) is -0.172. The van der Waals surface area contributed by atoms with E-state index in [9.17, 15) is 20.1 Å². The van der Waals surface area contributed by atoms with E-state index in [1.54, 1.807) is 0 Å². The van der Waals surface area contributed by atoms with Crippen LogP contribution < -0.4 is 5.32 Å². The largest absolute Gasteiger partial charge is 0.506 e. The summed E-state index contributed by atoms with van der Waals surface area (Å²) in [4.78, 5) is 11.6. The predicted molar refractivity (Wildman–Crippen MR) is 93.7 cm³/mol. The van der Waals surface area contributed by atoms with Gasteiger partial charge in [0.1, 0.15) is 24.6 Å². The maximum atomic E-state index is 11.6. The number of halogens is 2. The number of alkyl carbamates (subject to hydrolysis) is 1. The maximum absolute atomic E-state index is 11.6. The molecular formula is C17H17Cl2NO5. The Bertz CT molecular complexity index is 726. The zero-order valence-corrected chi connectivity index (χ0v) is 14.5. The molecule has 2 aromatic carbocycles. The van der Waals surface area contributed by atoms with Gasteiger partial charge in [-0.25, -0.2) is 4.79 Å². The molecule has 4 N–H and O–H groups in total. The molecule has 0 bridgehead atoms. The molecule has 8 heteroatoms. The fourth-order valence-electron chi connectivity index (χ4n) is 2.06. The van der Waals surface area contributed by atoms with E-state index in [0.29, 0.717) is 0 Å². The van der Waals surface area contributed by atoms with Crippen LogP contribution in [-0.2, 0) is 11.3 Å². The van der Waals surface area contributed by atoms with Gasteiger partial charge in [0.05, 0.1) is 10.0 Å². The highest BCUT2D eigenvalue weighted by atomic mass is 35.5. The van der Waals surface area contributed by atoms with Gasteiger partial charge in [0.15, 0.2) is 0 Å². The summed E-state index contributed by atoms with van der Waals surface area (Å²) in [5.41, 5.74) is 0.958. The van der Waals surface area contributed by atoms with Gasteiger partial charge in [0.2, 0.25) is 0 Å². The molecule has 2 unspecified atom stereocenters. The van der Waals surface area contributed by atoms with E-state index in [-0.39, 0.29) is 34.5 Å². The molecule has 0 aliphatic heterocycles. The fourth-order valence-corrected chi connectivity index (χ4v) is 2.50. The van der Waals surface area contributed by atoms with Crippen molar-refractivity contribution < 1.29 is 24.9 Å². The number of carbonyl (C=O) groups is 1. The van der Waals surface area contributed by atoms with Crippen molar-refractivity contribution in [1.82, 2.24) is 5.32 Å². The second-order valence-electron chi connectivity index (χ2n) is 5.28. The second-order valence-corrected chi connectivity index (χ2v) is 6.09. The molecule has 0 aromatic heterocycles. The summed E-state index contributed by atoms with van der Waals surface area (Å²) in [5, 5.41) is 32.0. The third kappa shape index (κ3) is 5.51. The van der Waals surface area contributed by atoms with Gasteiger partial charge in [-0.05, 0) is 11.6 Å². The minimum absolute atomic E-state index is 0.0131. The molecule has 0 aliphatic rings. The van der Waals surface area contributed by atoms with E-state index in [4.69, 9.17) is 27.9 Å². The third-order valence-corrected chi connectivity index (χ3v) is 4.05. The molecular weight excluding hydrogens is 369 g/mol. The van der Waals surface area contributed by atoms with E-state index in [1.165, 1.54) is 6.07 Å². The summed E-state index contributed by atoms with van der Waals surface area (Å²) in [7, 11) is 0. The SMILES string of the molecule is O=C(NCC(O)C(O)c1cc(Cl)c(O)cc1Cl)OCc1ccccc1. The van der Waals surface area contributed by atoms with Crippen molar-refractivity contribution in [3.05, 3.63) is 63.6 Å². The maximum Gasteiger partial charge on any atom is 0.407 e. The molecule has 134 valence electrons. The van der Waals surface area contributed by atoms with Crippen LogP contribution in [0.3, 0.4) is 0 Å². The summed E-state index contributed by atoms with van der Waals surface area (Å²) >= 11 is 11.7. The number of phenolic OH excluding ortho intramolecular Hbond substituents is 1. The van der Waals surface area contributed by atoms with Crippen molar-refractivity contribution in [3.63, 3.8) is 0 Å². The van der Waals surface area contributed by atoms with Gasteiger partial charge in [-0.1, -0.05) is 53.5 Å². The van der Waals surface area contributed by atoms with Gasteiger partial charge in [-0.15, -0.1) is 0 Å². The first-order valence-electron chi connectivity index (χ1n) is 7.37. The first kappa shape index (κ1) is 19.3. The molecule has 0 spiro atoms. The van der Waals surface area contributed by atoms with Gasteiger partial charge in [0, 0.05) is 18.2 Å². The first-order valence-corrected chi connectivity index (χ1v) is 8.12. The van der Waals surface area contributed by atoms with Crippen LogP contribution in [-0.4, -0.2) is 34.1 Å². The van der Waals surface area contributed by atoms with Crippen LogP contribution in [0.4, 0.5) is 4.79 Å². The lowest BCUT2D eigenvalue weighted by Crippen LogP contribution is -2.35. The number of hydrogen-bond donors (Lipinski definition) is 4. The number of benzene rings is 2. The normalized spacial score (nSPS) is 13.1. The Morgan fingerprint density at radius 2 is 1.80 bits per heavy atom. The Morgan fingerprint density at radius 3 is 2.48 bits per heavy atom. The van der Waals surface area contributed by atoms with E-state index in [0.717, 1.165) is 11.6 Å². The molecule has 0 heterocycles. The zero-order chi connectivity index (χ0) is 18.4. The van der Waals surface area contributed by atoms with Crippen molar-refractivity contribution in [3.8, 4) is 5.75 Å². The molecule has 2 rings (SSSR count). The lowest BCUT2D eigenvalue weighted by Gasteiger charge is -2.20. The highest BCUT2D eigenvalue weighted by molar-refractivity contribution is 6.34. The van der Waals surface area contributed by atoms with Crippen LogP contribution in [0.25, 0.3) is 0 Å². The standard InChI is InChI=1S/C17H17Cl2NO5/c18-12-7-14(21)13(19)6-11(12)16(23)15(22)8-20-17(24)25-9-10-4-2-1-3-5-10/h1-7,15-16,21-23H,8-9H2,(H,20,24). The van der Waals surface area contributed by atoms with Crippen LogP contribution in [0.15, 0.2) is 42.5 Å². The Kier molecular flexibility index (Phi) is 6.90. The highest BCUT2D eigenvalue weighted by Crippen LogP contribution is 2.34. The number of phenols is 1. The Morgan fingerprint density at radius 1 is 1.12 bits per heavy atom. The minimum atomic E-state index is -1.40. The molecule has 2 atom stereocenters. The smallest absolute Gasteiger partial charge is 0.407 e. The zero-order valence-electron chi connectivity index (χ0n) is 13.0. The van der Waals surface area contributed by atoms with E-state index in [1.807, 2.05) is 30.3 Å². The average molecular weight is 386 g/mol. The number of aromatic hydroxyl groups is 1. The van der Waals surface area contributed by atoms with Crippen LogP contribution in [0.1, 0.15) is 17.2 Å². The quantitative estimate of drug-likeness (QED) is 0.612. The minimum Gasteiger partial charge on any atom is -0.506 e. The van der Waals surface area contributed by atoms with Gasteiger partial charge in [-0.3, -0.25) is 0 Å². The van der Waals surface area contributed by atoms with Crippen molar-refractivity contribution in [2.45, 2.75) is 18.8 Å². The molecule has 0 radical (unpaired) electrons. The van der Waals surface area contributed by atoms with Crippen LogP contribution in [0.5, 0.6) is 5.75 Å². The third-order valence-electron chi connectivity index (χ3n) is 3.42. The van der Waals surface area contributed by atoms with E-state index >= 15 is 0 Å². The average Bonchev–Trinajstić information content (AvgIpc) is 2.61. The summed E-state index contributed by atoms with van der Waals surface area (Å²) < 4.78 is 5.00. The summed E-state index contributed by atoms with van der Waals surface area (Å²) in [6, 6.07) is 11.5. The van der Waals surface area contributed by atoms with Crippen LogP contribution in [0, 0.1) is 0 Å². The lowest BCUT2D eigenvalue weighted by molar-refractivity contribution is 0.0184. The molecule has 0 saturated heterocycles. The Hall–Kier alpha value is -1.99. The lowest BCUT2D eigenvalue weighted by atomic mass is 10.0. The van der Waals surface area contributed by atoms with Crippen LogP contribution >= 0.6 is 23.2 Å². The molecule has 0 fully saturated rings. The molecule has 0 saturated carbocycles. The Balaban J connectivity index is 1.86. The molecule has 2 aromatic rings.